The van der Waals surface area contributed by atoms with Crippen LogP contribution in [0.1, 0.15) is 0 Å². The zero-order chi connectivity index (χ0) is 12.5. The van der Waals surface area contributed by atoms with E-state index in [0.717, 1.165) is 33.6 Å². The van der Waals surface area contributed by atoms with E-state index >= 15 is 0 Å². The Labute approximate surface area is 104 Å². The number of hydrogen-bond acceptors (Lipinski definition) is 3. The number of anilines is 1. The summed E-state index contributed by atoms with van der Waals surface area (Å²) in [5, 5.41) is 8.38. The number of aromatic amines is 1. The molecule has 2 aromatic carbocycles. The van der Waals surface area contributed by atoms with Gasteiger partial charge in [-0.05, 0) is 30.3 Å². The monoisotopic (exact) mass is 239 g/mol. The highest BCUT2D eigenvalue weighted by atomic mass is 16.5. The second kappa shape index (κ2) is 4.07. The average Bonchev–Trinajstić information content (AvgIpc) is 2.81. The number of ether oxygens (including phenoxy) is 1. The van der Waals surface area contributed by atoms with Crippen molar-refractivity contribution in [2.45, 2.75) is 0 Å². The van der Waals surface area contributed by atoms with Crippen molar-refractivity contribution in [2.24, 2.45) is 0 Å². The summed E-state index contributed by atoms with van der Waals surface area (Å²) in [7, 11) is 1.66. The van der Waals surface area contributed by atoms with Crippen molar-refractivity contribution in [1.29, 1.82) is 0 Å². The first-order chi connectivity index (χ1) is 8.79. The predicted molar refractivity (Wildman–Crippen MR) is 72.5 cm³/mol. The van der Waals surface area contributed by atoms with Crippen molar-refractivity contribution in [3.63, 3.8) is 0 Å². The van der Waals surface area contributed by atoms with Gasteiger partial charge in [0.05, 0.1) is 12.6 Å². The quantitative estimate of drug-likeness (QED) is 0.676. The van der Waals surface area contributed by atoms with E-state index in [9.17, 15) is 0 Å². The average molecular weight is 239 g/mol. The molecule has 0 spiro atoms. The molecule has 0 bridgehead atoms. The second-order valence-electron chi connectivity index (χ2n) is 4.08. The molecule has 1 aromatic heterocycles. The standard InChI is InChI=1S/C14H13N3O/c1-18-13-5-3-2-4-11(13)14-10-7-6-9(15)8-12(10)16-17-14/h2-8H,15H2,1H3,(H,16,17). The minimum Gasteiger partial charge on any atom is -0.496 e. The fraction of sp³-hybridized carbons (Fsp3) is 0.0714. The number of benzene rings is 2. The van der Waals surface area contributed by atoms with Gasteiger partial charge < -0.3 is 10.5 Å². The highest BCUT2D eigenvalue weighted by Gasteiger charge is 2.12. The molecule has 18 heavy (non-hydrogen) atoms. The number of hydrogen-bond donors (Lipinski definition) is 2. The van der Waals surface area contributed by atoms with Gasteiger partial charge in [0.25, 0.3) is 0 Å². The third-order valence-corrected chi connectivity index (χ3v) is 2.95. The molecule has 0 aliphatic rings. The Bertz CT molecular complexity index is 703. The zero-order valence-corrected chi connectivity index (χ0v) is 9.97. The maximum atomic E-state index is 5.76. The molecule has 3 rings (SSSR count). The molecule has 0 radical (unpaired) electrons. The number of methoxy groups -OCH3 is 1. The summed E-state index contributed by atoms with van der Waals surface area (Å²) < 4.78 is 5.36. The van der Waals surface area contributed by atoms with Gasteiger partial charge in [-0.15, -0.1) is 0 Å². The van der Waals surface area contributed by atoms with E-state index < -0.39 is 0 Å². The lowest BCUT2D eigenvalue weighted by Gasteiger charge is -2.05. The molecular weight excluding hydrogens is 226 g/mol. The van der Waals surface area contributed by atoms with Crippen molar-refractivity contribution in [1.82, 2.24) is 10.2 Å². The molecule has 3 aromatic rings. The van der Waals surface area contributed by atoms with Crippen molar-refractivity contribution in [2.75, 3.05) is 12.8 Å². The van der Waals surface area contributed by atoms with Gasteiger partial charge in [-0.2, -0.15) is 5.10 Å². The van der Waals surface area contributed by atoms with Crippen LogP contribution in [0.3, 0.4) is 0 Å². The highest BCUT2D eigenvalue weighted by molar-refractivity contribution is 5.95. The van der Waals surface area contributed by atoms with Crippen LogP contribution in [0.5, 0.6) is 5.75 Å². The Morgan fingerprint density at radius 1 is 1.17 bits per heavy atom. The van der Waals surface area contributed by atoms with Crippen LogP contribution in [-0.4, -0.2) is 17.3 Å². The summed E-state index contributed by atoms with van der Waals surface area (Å²) in [6.45, 7) is 0. The lowest BCUT2D eigenvalue weighted by atomic mass is 10.1. The Kier molecular flexibility index (Phi) is 2.41. The molecule has 0 aliphatic carbocycles. The summed E-state index contributed by atoms with van der Waals surface area (Å²) in [5.41, 5.74) is 9.25. The molecule has 0 atom stereocenters. The zero-order valence-electron chi connectivity index (χ0n) is 9.97. The lowest BCUT2D eigenvalue weighted by Crippen LogP contribution is -1.88. The fourth-order valence-electron chi connectivity index (χ4n) is 2.08. The third-order valence-electron chi connectivity index (χ3n) is 2.95. The first-order valence-corrected chi connectivity index (χ1v) is 5.66. The number of aromatic nitrogens is 2. The Morgan fingerprint density at radius 2 is 2.00 bits per heavy atom. The van der Waals surface area contributed by atoms with E-state index in [1.165, 1.54) is 0 Å². The lowest BCUT2D eigenvalue weighted by molar-refractivity contribution is 0.416. The molecule has 4 heteroatoms. The Morgan fingerprint density at radius 3 is 2.83 bits per heavy atom. The van der Waals surface area contributed by atoms with E-state index in [0.29, 0.717) is 0 Å². The van der Waals surface area contributed by atoms with E-state index in [1.54, 1.807) is 7.11 Å². The number of H-pyrrole nitrogens is 1. The maximum absolute atomic E-state index is 5.76. The van der Waals surface area contributed by atoms with Crippen LogP contribution in [0, 0.1) is 0 Å². The van der Waals surface area contributed by atoms with Gasteiger partial charge in [0, 0.05) is 16.6 Å². The number of nitrogens with zero attached hydrogens (tertiary/aromatic N) is 1. The normalized spacial score (nSPS) is 10.7. The molecule has 90 valence electrons. The number of nitrogens with two attached hydrogens (primary N) is 1. The van der Waals surface area contributed by atoms with E-state index in [-0.39, 0.29) is 0 Å². The SMILES string of the molecule is COc1ccccc1-c1n[nH]c2cc(N)ccc12. The van der Waals surface area contributed by atoms with Crippen molar-refractivity contribution < 1.29 is 4.74 Å². The number of rotatable bonds is 2. The number of para-hydroxylation sites is 1. The summed E-state index contributed by atoms with van der Waals surface area (Å²) in [6.07, 6.45) is 0. The molecule has 0 unspecified atom stereocenters. The largest absolute Gasteiger partial charge is 0.496 e. The Balaban J connectivity index is 2.26. The fourth-order valence-corrected chi connectivity index (χ4v) is 2.08. The van der Waals surface area contributed by atoms with E-state index in [2.05, 4.69) is 10.2 Å². The van der Waals surface area contributed by atoms with Crippen molar-refractivity contribution >= 4 is 16.6 Å². The smallest absolute Gasteiger partial charge is 0.128 e. The highest BCUT2D eigenvalue weighted by Crippen LogP contribution is 2.33. The number of nitrogen functional groups attached to an aromatic ring is 1. The van der Waals surface area contributed by atoms with Gasteiger partial charge in [-0.1, -0.05) is 12.1 Å². The number of fused-ring (bicyclic) bond motifs is 1. The molecule has 0 aliphatic heterocycles. The molecule has 3 N–H and O–H groups in total. The van der Waals surface area contributed by atoms with Gasteiger partial charge in [-0.25, -0.2) is 0 Å². The van der Waals surface area contributed by atoms with Crippen LogP contribution in [0.15, 0.2) is 42.5 Å². The summed E-state index contributed by atoms with van der Waals surface area (Å²) in [6, 6.07) is 13.5. The van der Waals surface area contributed by atoms with E-state index in [1.807, 2.05) is 42.5 Å². The first kappa shape index (κ1) is 10.7. The van der Waals surface area contributed by atoms with Crippen LogP contribution < -0.4 is 10.5 Å². The molecule has 1 heterocycles. The van der Waals surface area contributed by atoms with Gasteiger partial charge in [0.1, 0.15) is 11.4 Å². The van der Waals surface area contributed by atoms with Crippen LogP contribution in [0.4, 0.5) is 5.69 Å². The second-order valence-corrected chi connectivity index (χ2v) is 4.08. The van der Waals surface area contributed by atoms with Crippen molar-refractivity contribution in [3.05, 3.63) is 42.5 Å². The van der Waals surface area contributed by atoms with Crippen LogP contribution in [0.2, 0.25) is 0 Å². The summed E-state index contributed by atoms with van der Waals surface area (Å²) in [4.78, 5) is 0. The van der Waals surface area contributed by atoms with Gasteiger partial charge in [0.2, 0.25) is 0 Å². The topological polar surface area (TPSA) is 63.9 Å². The molecule has 0 saturated heterocycles. The van der Waals surface area contributed by atoms with Gasteiger partial charge in [-0.3, -0.25) is 5.10 Å². The van der Waals surface area contributed by atoms with Crippen molar-refractivity contribution in [3.8, 4) is 17.0 Å². The van der Waals surface area contributed by atoms with Gasteiger partial charge >= 0.3 is 0 Å². The molecule has 0 saturated carbocycles. The van der Waals surface area contributed by atoms with Crippen LogP contribution in [0.25, 0.3) is 22.2 Å². The molecular formula is C14H13N3O. The summed E-state index contributed by atoms with van der Waals surface area (Å²) in [5.74, 6) is 0.808. The van der Waals surface area contributed by atoms with Crippen LogP contribution >= 0.6 is 0 Å². The van der Waals surface area contributed by atoms with E-state index in [4.69, 9.17) is 10.5 Å². The van der Waals surface area contributed by atoms with Gasteiger partial charge in [0.15, 0.2) is 0 Å². The van der Waals surface area contributed by atoms with Crippen LogP contribution in [-0.2, 0) is 0 Å². The number of nitrogens with one attached hydrogen (secondary N) is 1. The molecule has 0 fully saturated rings. The minimum atomic E-state index is 0.720. The minimum absolute atomic E-state index is 0.720. The maximum Gasteiger partial charge on any atom is 0.128 e. The summed E-state index contributed by atoms with van der Waals surface area (Å²) >= 11 is 0. The molecule has 0 amide bonds. The third kappa shape index (κ3) is 1.59. The Hall–Kier alpha value is -2.49. The molecule has 4 nitrogen and oxygen atoms in total. The first-order valence-electron chi connectivity index (χ1n) is 5.66. The predicted octanol–water partition coefficient (Wildman–Crippen LogP) is 2.82.